The molecule has 0 unspecified atom stereocenters. The zero-order valence-corrected chi connectivity index (χ0v) is 19.0. The number of oxazole rings is 1. The van der Waals surface area contributed by atoms with Crippen LogP contribution < -0.4 is 5.32 Å². The van der Waals surface area contributed by atoms with Crippen molar-refractivity contribution in [2.45, 2.75) is 58.0 Å². The fourth-order valence-corrected chi connectivity index (χ4v) is 4.31. The molecule has 1 fully saturated rings. The summed E-state index contributed by atoms with van der Waals surface area (Å²) in [7, 11) is 1.85. The van der Waals surface area contributed by atoms with Gasteiger partial charge in [0, 0.05) is 36.7 Å². The predicted molar refractivity (Wildman–Crippen MR) is 125 cm³/mol. The first kappa shape index (κ1) is 22.1. The molecular formula is C26H31N3O3. The van der Waals surface area contributed by atoms with Gasteiger partial charge in [0.15, 0.2) is 5.58 Å². The van der Waals surface area contributed by atoms with Crippen LogP contribution in [0.4, 0.5) is 0 Å². The lowest BCUT2D eigenvalue weighted by atomic mass is 10.0. The van der Waals surface area contributed by atoms with Crippen molar-refractivity contribution in [3.05, 3.63) is 54.1 Å². The van der Waals surface area contributed by atoms with Gasteiger partial charge >= 0.3 is 0 Å². The SMILES string of the molecule is CC[C@@H](C)CC(=O)N[C@@H]1CC[C@@H](N(C)C(=O)c2ccc(-c3nc4ccccc4o3)cc2)C1. The molecule has 1 aliphatic carbocycles. The number of amides is 2. The number of carbonyl (C=O) groups is 2. The van der Waals surface area contributed by atoms with Crippen molar-refractivity contribution in [3.8, 4) is 11.5 Å². The number of hydrogen-bond acceptors (Lipinski definition) is 4. The fourth-order valence-electron chi connectivity index (χ4n) is 4.31. The molecule has 0 bridgehead atoms. The van der Waals surface area contributed by atoms with Crippen molar-refractivity contribution in [2.75, 3.05) is 7.05 Å². The summed E-state index contributed by atoms with van der Waals surface area (Å²) in [4.78, 5) is 31.6. The maximum atomic E-state index is 13.0. The number of hydrogen-bond donors (Lipinski definition) is 1. The van der Waals surface area contributed by atoms with Crippen LogP contribution in [0.2, 0.25) is 0 Å². The predicted octanol–water partition coefficient (Wildman–Crippen LogP) is 5.04. The van der Waals surface area contributed by atoms with E-state index in [0.717, 1.165) is 42.3 Å². The first-order valence-electron chi connectivity index (χ1n) is 11.5. The topological polar surface area (TPSA) is 75.4 Å². The highest BCUT2D eigenvalue weighted by molar-refractivity contribution is 5.94. The number of carbonyl (C=O) groups excluding carboxylic acids is 2. The van der Waals surface area contributed by atoms with E-state index < -0.39 is 0 Å². The van der Waals surface area contributed by atoms with Crippen molar-refractivity contribution in [1.29, 1.82) is 0 Å². The van der Waals surface area contributed by atoms with Crippen molar-refractivity contribution >= 4 is 22.9 Å². The van der Waals surface area contributed by atoms with Gasteiger partial charge < -0.3 is 14.6 Å². The highest BCUT2D eigenvalue weighted by atomic mass is 16.3. The van der Waals surface area contributed by atoms with Crippen molar-refractivity contribution < 1.29 is 14.0 Å². The van der Waals surface area contributed by atoms with E-state index >= 15 is 0 Å². The van der Waals surface area contributed by atoms with E-state index in [-0.39, 0.29) is 23.9 Å². The molecule has 6 nitrogen and oxygen atoms in total. The Hall–Kier alpha value is -3.15. The average molecular weight is 434 g/mol. The van der Waals surface area contributed by atoms with Crippen LogP contribution in [-0.4, -0.2) is 40.8 Å². The normalized spacial score (nSPS) is 19.1. The summed E-state index contributed by atoms with van der Waals surface area (Å²) in [5, 5.41) is 3.15. The van der Waals surface area contributed by atoms with Gasteiger partial charge in [-0.25, -0.2) is 4.98 Å². The molecule has 6 heteroatoms. The minimum atomic E-state index is -0.00861. The van der Waals surface area contributed by atoms with Crippen LogP contribution in [0.5, 0.6) is 0 Å². The maximum Gasteiger partial charge on any atom is 0.253 e. The summed E-state index contributed by atoms with van der Waals surface area (Å²) in [6, 6.07) is 15.3. The summed E-state index contributed by atoms with van der Waals surface area (Å²) < 4.78 is 5.82. The first-order valence-corrected chi connectivity index (χ1v) is 11.5. The number of nitrogens with zero attached hydrogens (tertiary/aromatic N) is 2. The van der Waals surface area contributed by atoms with E-state index in [4.69, 9.17) is 4.42 Å². The molecule has 3 aromatic rings. The Morgan fingerprint density at radius 1 is 1.16 bits per heavy atom. The number of nitrogens with one attached hydrogen (secondary N) is 1. The number of fused-ring (bicyclic) bond motifs is 1. The highest BCUT2D eigenvalue weighted by Crippen LogP contribution is 2.27. The van der Waals surface area contributed by atoms with Gasteiger partial charge in [-0.05, 0) is 61.6 Å². The third kappa shape index (κ3) is 4.85. The fraction of sp³-hybridized carbons (Fsp3) is 0.423. The minimum Gasteiger partial charge on any atom is -0.436 e. The Kier molecular flexibility index (Phi) is 6.58. The third-order valence-electron chi connectivity index (χ3n) is 6.54. The van der Waals surface area contributed by atoms with E-state index in [1.165, 1.54) is 0 Å². The Labute approximate surface area is 189 Å². The van der Waals surface area contributed by atoms with Crippen LogP contribution in [0.25, 0.3) is 22.6 Å². The molecule has 3 atom stereocenters. The molecule has 32 heavy (non-hydrogen) atoms. The van der Waals surface area contributed by atoms with Crippen LogP contribution in [0.15, 0.2) is 52.9 Å². The molecular weight excluding hydrogens is 402 g/mol. The zero-order valence-electron chi connectivity index (χ0n) is 19.0. The molecule has 1 heterocycles. The van der Waals surface area contributed by atoms with E-state index in [1.807, 2.05) is 60.5 Å². The molecule has 0 radical (unpaired) electrons. The van der Waals surface area contributed by atoms with Gasteiger partial charge in [0.05, 0.1) is 0 Å². The monoisotopic (exact) mass is 433 g/mol. The van der Waals surface area contributed by atoms with Crippen molar-refractivity contribution in [3.63, 3.8) is 0 Å². The lowest BCUT2D eigenvalue weighted by Crippen LogP contribution is -2.38. The maximum absolute atomic E-state index is 13.0. The Morgan fingerprint density at radius 2 is 1.91 bits per heavy atom. The van der Waals surface area contributed by atoms with E-state index in [9.17, 15) is 9.59 Å². The molecule has 1 saturated carbocycles. The number of para-hydroxylation sites is 2. The second kappa shape index (κ2) is 9.55. The Morgan fingerprint density at radius 3 is 2.62 bits per heavy atom. The third-order valence-corrected chi connectivity index (χ3v) is 6.54. The van der Waals surface area contributed by atoms with E-state index in [2.05, 4.69) is 24.1 Å². The lowest BCUT2D eigenvalue weighted by molar-refractivity contribution is -0.122. The van der Waals surface area contributed by atoms with Crippen molar-refractivity contribution in [1.82, 2.24) is 15.2 Å². The van der Waals surface area contributed by atoms with Gasteiger partial charge in [-0.2, -0.15) is 0 Å². The van der Waals surface area contributed by atoms with Gasteiger partial charge in [-0.1, -0.05) is 32.4 Å². The van der Waals surface area contributed by atoms with Crippen LogP contribution in [0.1, 0.15) is 56.3 Å². The Balaban J connectivity index is 1.36. The summed E-state index contributed by atoms with van der Waals surface area (Å²) in [5.74, 6) is 1.05. The second-order valence-corrected chi connectivity index (χ2v) is 8.93. The average Bonchev–Trinajstić information content (AvgIpc) is 3.45. The van der Waals surface area contributed by atoms with Crippen molar-refractivity contribution in [2.24, 2.45) is 5.92 Å². The number of rotatable bonds is 7. The van der Waals surface area contributed by atoms with Gasteiger partial charge in [0.1, 0.15) is 5.52 Å². The summed E-state index contributed by atoms with van der Waals surface area (Å²) >= 11 is 0. The van der Waals surface area contributed by atoms with Crippen LogP contribution >= 0.6 is 0 Å². The van der Waals surface area contributed by atoms with Gasteiger partial charge in [-0.3, -0.25) is 9.59 Å². The molecule has 0 aliphatic heterocycles. The Bertz CT molecular complexity index is 1060. The van der Waals surface area contributed by atoms with E-state index in [1.54, 1.807) is 0 Å². The molecule has 0 spiro atoms. The summed E-state index contributed by atoms with van der Waals surface area (Å²) in [6.07, 6.45) is 4.18. The molecule has 2 amide bonds. The van der Waals surface area contributed by atoms with E-state index in [0.29, 0.717) is 23.8 Å². The molecule has 4 rings (SSSR count). The second-order valence-electron chi connectivity index (χ2n) is 8.93. The van der Waals surface area contributed by atoms with Gasteiger partial charge in [0.2, 0.25) is 11.8 Å². The highest BCUT2D eigenvalue weighted by Gasteiger charge is 2.31. The smallest absolute Gasteiger partial charge is 0.253 e. The molecule has 2 aromatic carbocycles. The van der Waals surface area contributed by atoms with Crippen LogP contribution in [0.3, 0.4) is 0 Å². The van der Waals surface area contributed by atoms with Crippen LogP contribution in [-0.2, 0) is 4.79 Å². The first-order chi connectivity index (χ1) is 15.4. The molecule has 1 aromatic heterocycles. The molecule has 168 valence electrons. The molecule has 1 aliphatic rings. The molecule has 0 saturated heterocycles. The standard InChI is InChI=1S/C26H31N3O3/c1-4-17(2)15-24(30)27-20-13-14-21(16-20)29(3)26(31)19-11-9-18(10-12-19)25-28-22-7-5-6-8-23(22)32-25/h5-12,17,20-21H,4,13-16H2,1-3H3,(H,27,30)/t17-,20-,21-/m1/s1. The van der Waals surface area contributed by atoms with Crippen LogP contribution in [0, 0.1) is 5.92 Å². The minimum absolute atomic E-state index is 0.00861. The lowest BCUT2D eigenvalue weighted by Gasteiger charge is -2.25. The van der Waals surface area contributed by atoms with Gasteiger partial charge in [0.25, 0.3) is 5.91 Å². The van der Waals surface area contributed by atoms with Gasteiger partial charge in [-0.15, -0.1) is 0 Å². The number of benzene rings is 2. The summed E-state index contributed by atoms with van der Waals surface area (Å²) in [5.41, 5.74) is 3.03. The largest absolute Gasteiger partial charge is 0.436 e. The summed E-state index contributed by atoms with van der Waals surface area (Å²) in [6.45, 7) is 4.20. The quantitative estimate of drug-likeness (QED) is 0.566. The zero-order chi connectivity index (χ0) is 22.7. The number of aromatic nitrogens is 1. The molecule has 1 N–H and O–H groups in total.